The van der Waals surface area contributed by atoms with E-state index >= 15 is 0 Å². The summed E-state index contributed by atoms with van der Waals surface area (Å²) in [4.78, 5) is 0. The summed E-state index contributed by atoms with van der Waals surface area (Å²) in [7, 11) is 1.70. The van der Waals surface area contributed by atoms with Crippen molar-refractivity contribution in [3.8, 4) is 5.75 Å². The summed E-state index contributed by atoms with van der Waals surface area (Å²) in [5.41, 5.74) is 1.19. The van der Waals surface area contributed by atoms with Crippen molar-refractivity contribution in [2.24, 2.45) is 5.92 Å². The van der Waals surface area contributed by atoms with Crippen molar-refractivity contribution in [1.29, 1.82) is 0 Å². The van der Waals surface area contributed by atoms with Crippen LogP contribution in [0.1, 0.15) is 31.4 Å². The summed E-state index contributed by atoms with van der Waals surface area (Å²) in [6, 6.07) is 8.16. The van der Waals surface area contributed by atoms with E-state index in [4.69, 9.17) is 9.47 Å². The van der Waals surface area contributed by atoms with Crippen LogP contribution in [0, 0.1) is 5.92 Å². The first-order chi connectivity index (χ1) is 8.83. The first kappa shape index (κ1) is 13.4. The van der Waals surface area contributed by atoms with E-state index < -0.39 is 0 Å². The molecule has 3 heteroatoms. The molecule has 1 aliphatic rings. The van der Waals surface area contributed by atoms with Crippen molar-refractivity contribution in [3.05, 3.63) is 29.8 Å². The minimum Gasteiger partial charge on any atom is -0.497 e. The van der Waals surface area contributed by atoms with Gasteiger partial charge in [0.25, 0.3) is 0 Å². The second-order valence-electron chi connectivity index (χ2n) is 4.85. The number of rotatable bonds is 8. The predicted molar refractivity (Wildman–Crippen MR) is 73.0 cm³/mol. The Morgan fingerprint density at radius 1 is 1.39 bits per heavy atom. The summed E-state index contributed by atoms with van der Waals surface area (Å²) >= 11 is 0. The van der Waals surface area contributed by atoms with Gasteiger partial charge in [0.1, 0.15) is 5.75 Å². The van der Waals surface area contributed by atoms with Crippen LogP contribution in [-0.2, 0) is 4.74 Å². The molecule has 1 aliphatic carbocycles. The van der Waals surface area contributed by atoms with E-state index in [-0.39, 0.29) is 6.10 Å². The molecule has 0 radical (unpaired) electrons. The van der Waals surface area contributed by atoms with Crippen LogP contribution in [0.4, 0.5) is 0 Å². The van der Waals surface area contributed by atoms with Crippen molar-refractivity contribution < 1.29 is 9.47 Å². The second kappa shape index (κ2) is 6.76. The normalized spacial score (nSPS) is 16.6. The maximum Gasteiger partial charge on any atom is 0.119 e. The fourth-order valence-electron chi connectivity index (χ4n) is 1.93. The van der Waals surface area contributed by atoms with Crippen LogP contribution in [-0.4, -0.2) is 26.8 Å². The third-order valence-electron chi connectivity index (χ3n) is 3.28. The molecule has 100 valence electrons. The Balaban J connectivity index is 1.99. The first-order valence-corrected chi connectivity index (χ1v) is 6.79. The molecule has 0 heterocycles. The van der Waals surface area contributed by atoms with Gasteiger partial charge in [-0.15, -0.1) is 0 Å². The highest BCUT2D eigenvalue weighted by Gasteiger charge is 2.23. The molecule has 1 aromatic rings. The van der Waals surface area contributed by atoms with Crippen LogP contribution in [0.2, 0.25) is 0 Å². The molecule has 1 N–H and O–H groups in total. The number of hydrogen-bond acceptors (Lipinski definition) is 3. The smallest absolute Gasteiger partial charge is 0.119 e. The molecule has 0 saturated heterocycles. The molecule has 18 heavy (non-hydrogen) atoms. The van der Waals surface area contributed by atoms with Crippen LogP contribution < -0.4 is 10.1 Å². The number of ether oxygens (including phenoxy) is 2. The van der Waals surface area contributed by atoms with Gasteiger partial charge in [0.05, 0.1) is 19.8 Å². The predicted octanol–water partition coefficient (Wildman–Crippen LogP) is 2.77. The first-order valence-electron chi connectivity index (χ1n) is 6.79. The molecule has 1 saturated carbocycles. The Morgan fingerprint density at radius 3 is 2.89 bits per heavy atom. The van der Waals surface area contributed by atoms with Crippen LogP contribution in [0.15, 0.2) is 24.3 Å². The number of hydrogen-bond donors (Lipinski definition) is 1. The Labute approximate surface area is 109 Å². The third-order valence-corrected chi connectivity index (χ3v) is 3.28. The minimum atomic E-state index is 0.126. The molecule has 0 aromatic heterocycles. The van der Waals surface area contributed by atoms with Gasteiger partial charge in [0.15, 0.2) is 0 Å². The lowest BCUT2D eigenvalue weighted by molar-refractivity contribution is 0.0454. The SMILES string of the molecule is CCNCC(OCC1CC1)c1cccc(OC)c1. The van der Waals surface area contributed by atoms with E-state index in [1.165, 1.54) is 18.4 Å². The van der Waals surface area contributed by atoms with E-state index in [1.807, 2.05) is 12.1 Å². The second-order valence-corrected chi connectivity index (χ2v) is 4.85. The number of benzene rings is 1. The molecule has 2 rings (SSSR count). The largest absolute Gasteiger partial charge is 0.497 e. The summed E-state index contributed by atoms with van der Waals surface area (Å²) in [5, 5.41) is 3.36. The molecule has 0 aliphatic heterocycles. The summed E-state index contributed by atoms with van der Waals surface area (Å²) in [6.07, 6.45) is 2.78. The molecule has 1 unspecified atom stereocenters. The van der Waals surface area contributed by atoms with Crippen LogP contribution in [0.25, 0.3) is 0 Å². The molecule has 1 atom stereocenters. The fraction of sp³-hybridized carbons (Fsp3) is 0.600. The zero-order valence-corrected chi connectivity index (χ0v) is 11.3. The van der Waals surface area contributed by atoms with Gasteiger partial charge in [-0.1, -0.05) is 19.1 Å². The van der Waals surface area contributed by atoms with Crippen LogP contribution >= 0.6 is 0 Å². The number of nitrogens with one attached hydrogen (secondary N) is 1. The molecular formula is C15H23NO2. The number of methoxy groups -OCH3 is 1. The monoisotopic (exact) mass is 249 g/mol. The lowest BCUT2D eigenvalue weighted by Crippen LogP contribution is -2.23. The maximum atomic E-state index is 6.04. The lowest BCUT2D eigenvalue weighted by Gasteiger charge is -2.19. The van der Waals surface area contributed by atoms with Crippen LogP contribution in [0.3, 0.4) is 0 Å². The molecule has 0 bridgehead atoms. The van der Waals surface area contributed by atoms with Crippen molar-refractivity contribution in [2.45, 2.75) is 25.9 Å². The van der Waals surface area contributed by atoms with E-state index in [9.17, 15) is 0 Å². The Morgan fingerprint density at radius 2 is 2.22 bits per heavy atom. The van der Waals surface area contributed by atoms with Gasteiger partial charge in [-0.25, -0.2) is 0 Å². The fourth-order valence-corrected chi connectivity index (χ4v) is 1.93. The third kappa shape index (κ3) is 4.00. The average Bonchev–Trinajstić information content (AvgIpc) is 3.23. The Kier molecular flexibility index (Phi) is 5.02. The standard InChI is InChI=1S/C15H23NO2/c1-3-16-10-15(18-11-12-7-8-12)13-5-4-6-14(9-13)17-2/h4-6,9,12,15-16H,3,7-8,10-11H2,1-2H3. The van der Waals surface area contributed by atoms with Crippen molar-refractivity contribution in [1.82, 2.24) is 5.32 Å². The average molecular weight is 249 g/mol. The topological polar surface area (TPSA) is 30.5 Å². The maximum absolute atomic E-state index is 6.04. The highest BCUT2D eigenvalue weighted by molar-refractivity contribution is 5.30. The molecule has 3 nitrogen and oxygen atoms in total. The van der Waals surface area contributed by atoms with E-state index in [0.29, 0.717) is 0 Å². The van der Waals surface area contributed by atoms with Gasteiger partial charge >= 0.3 is 0 Å². The van der Waals surface area contributed by atoms with Gasteiger partial charge in [-0.2, -0.15) is 0 Å². The highest BCUT2D eigenvalue weighted by Crippen LogP contribution is 2.31. The zero-order chi connectivity index (χ0) is 12.8. The Hall–Kier alpha value is -1.06. The van der Waals surface area contributed by atoms with Crippen LogP contribution in [0.5, 0.6) is 5.75 Å². The molecule has 0 spiro atoms. The van der Waals surface area contributed by atoms with Crippen molar-refractivity contribution in [3.63, 3.8) is 0 Å². The molecule has 1 aromatic carbocycles. The summed E-state index contributed by atoms with van der Waals surface area (Å²) in [5.74, 6) is 1.68. The highest BCUT2D eigenvalue weighted by atomic mass is 16.5. The quantitative estimate of drug-likeness (QED) is 0.768. The molecule has 1 fully saturated rings. The lowest BCUT2D eigenvalue weighted by atomic mass is 10.1. The van der Waals surface area contributed by atoms with Gasteiger partial charge in [0, 0.05) is 6.54 Å². The van der Waals surface area contributed by atoms with Gasteiger partial charge in [-0.3, -0.25) is 0 Å². The van der Waals surface area contributed by atoms with Crippen molar-refractivity contribution >= 4 is 0 Å². The summed E-state index contributed by atoms with van der Waals surface area (Å²) in [6.45, 7) is 4.82. The van der Waals surface area contributed by atoms with Gasteiger partial charge < -0.3 is 14.8 Å². The van der Waals surface area contributed by atoms with E-state index in [0.717, 1.165) is 31.4 Å². The molecule has 0 amide bonds. The number of likely N-dealkylation sites (N-methyl/N-ethyl adjacent to an activating group) is 1. The summed E-state index contributed by atoms with van der Waals surface area (Å²) < 4.78 is 11.3. The molecular weight excluding hydrogens is 226 g/mol. The minimum absolute atomic E-state index is 0.126. The van der Waals surface area contributed by atoms with Crippen molar-refractivity contribution in [2.75, 3.05) is 26.8 Å². The van der Waals surface area contributed by atoms with Gasteiger partial charge in [-0.05, 0) is 43.0 Å². The van der Waals surface area contributed by atoms with E-state index in [1.54, 1.807) is 7.11 Å². The van der Waals surface area contributed by atoms with E-state index in [2.05, 4.69) is 24.4 Å². The zero-order valence-electron chi connectivity index (χ0n) is 11.3. The van der Waals surface area contributed by atoms with Gasteiger partial charge in [0.2, 0.25) is 0 Å². The Bertz CT molecular complexity index is 363.